The van der Waals surface area contributed by atoms with Crippen LogP contribution in [0.3, 0.4) is 0 Å². The number of benzene rings is 1. The predicted octanol–water partition coefficient (Wildman–Crippen LogP) is 6.03. The van der Waals surface area contributed by atoms with Crippen LogP contribution in [0.4, 0.5) is 5.69 Å². The summed E-state index contributed by atoms with van der Waals surface area (Å²) in [6.45, 7) is 2.09. The molecule has 4 nitrogen and oxygen atoms in total. The number of rotatable bonds is 3. The monoisotopic (exact) mass is 487 g/mol. The number of nitrogens with two attached hydrogens (primary N) is 1. The summed E-state index contributed by atoms with van der Waals surface area (Å²) in [7, 11) is 0. The number of Topliss-reactive ketones (excluding diaryl/α,β-unsaturated/α-hetero) is 1. The molecule has 0 bridgehead atoms. The Hall–Kier alpha value is -2.07. The first-order chi connectivity index (χ1) is 14.0. The van der Waals surface area contributed by atoms with Crippen molar-refractivity contribution in [2.24, 2.45) is 5.73 Å². The number of thiophene rings is 1. The number of hydrogen-bond acceptors (Lipinski definition) is 5. The van der Waals surface area contributed by atoms with E-state index in [0.717, 1.165) is 40.0 Å². The SMILES string of the molecule is CCc1sc(C2C(C#N)=C(N)N(c3cccc(Cl)c3)C3=C2C(=O)CCC3)cc1Br. The Labute approximate surface area is 187 Å². The highest BCUT2D eigenvalue weighted by Gasteiger charge is 2.41. The lowest BCUT2D eigenvalue weighted by Crippen LogP contribution is -2.38. The van der Waals surface area contributed by atoms with Crippen molar-refractivity contribution >= 4 is 50.3 Å². The summed E-state index contributed by atoms with van der Waals surface area (Å²) in [4.78, 5) is 17.1. The topological polar surface area (TPSA) is 70.1 Å². The van der Waals surface area contributed by atoms with Gasteiger partial charge < -0.3 is 5.73 Å². The number of carbonyl (C=O) groups is 1. The van der Waals surface area contributed by atoms with Gasteiger partial charge in [0, 0.05) is 42.6 Å². The second-order valence-electron chi connectivity index (χ2n) is 7.07. The lowest BCUT2D eigenvalue weighted by Gasteiger charge is -2.39. The molecular weight excluding hydrogens is 470 g/mol. The Kier molecular flexibility index (Phi) is 5.56. The zero-order valence-corrected chi connectivity index (χ0v) is 19.0. The van der Waals surface area contributed by atoms with Crippen molar-refractivity contribution in [3.63, 3.8) is 0 Å². The van der Waals surface area contributed by atoms with Gasteiger partial charge in [0.15, 0.2) is 5.78 Å². The summed E-state index contributed by atoms with van der Waals surface area (Å²) in [5.74, 6) is 0.0433. The van der Waals surface area contributed by atoms with E-state index < -0.39 is 5.92 Å². The maximum absolute atomic E-state index is 13.1. The van der Waals surface area contributed by atoms with E-state index in [1.165, 1.54) is 4.88 Å². The first-order valence-electron chi connectivity index (χ1n) is 9.46. The molecule has 29 heavy (non-hydrogen) atoms. The van der Waals surface area contributed by atoms with Gasteiger partial charge in [0.1, 0.15) is 5.82 Å². The normalized spacial score (nSPS) is 19.4. The number of nitriles is 1. The van der Waals surface area contributed by atoms with Crippen LogP contribution in [0.1, 0.15) is 41.9 Å². The van der Waals surface area contributed by atoms with Crippen molar-refractivity contribution in [3.8, 4) is 6.07 Å². The van der Waals surface area contributed by atoms with E-state index in [1.54, 1.807) is 17.4 Å². The zero-order chi connectivity index (χ0) is 20.7. The van der Waals surface area contributed by atoms with Gasteiger partial charge in [-0.1, -0.05) is 24.6 Å². The minimum atomic E-state index is -0.417. The fourth-order valence-electron chi connectivity index (χ4n) is 4.09. The van der Waals surface area contributed by atoms with Crippen LogP contribution in [0.25, 0.3) is 0 Å². The summed E-state index contributed by atoms with van der Waals surface area (Å²) in [5.41, 5.74) is 9.32. The van der Waals surface area contributed by atoms with Gasteiger partial charge in [-0.05, 0) is 59.5 Å². The Morgan fingerprint density at radius 3 is 2.83 bits per heavy atom. The van der Waals surface area contributed by atoms with Gasteiger partial charge in [0.05, 0.1) is 17.6 Å². The molecule has 0 amide bonds. The Bertz CT molecular complexity index is 1110. The van der Waals surface area contributed by atoms with Crippen LogP contribution in [-0.4, -0.2) is 5.78 Å². The quantitative estimate of drug-likeness (QED) is 0.572. The molecule has 1 unspecified atom stereocenters. The second-order valence-corrected chi connectivity index (χ2v) is 9.53. The number of ketones is 1. The van der Waals surface area contributed by atoms with Crippen molar-refractivity contribution in [1.29, 1.82) is 5.26 Å². The predicted molar refractivity (Wildman–Crippen MR) is 121 cm³/mol. The first-order valence-corrected chi connectivity index (χ1v) is 11.4. The van der Waals surface area contributed by atoms with Crippen molar-refractivity contribution in [1.82, 2.24) is 0 Å². The van der Waals surface area contributed by atoms with Crippen LogP contribution in [0.2, 0.25) is 5.02 Å². The van der Waals surface area contributed by atoms with Crippen molar-refractivity contribution < 1.29 is 4.79 Å². The van der Waals surface area contributed by atoms with Crippen LogP contribution in [-0.2, 0) is 11.2 Å². The third-order valence-electron chi connectivity index (χ3n) is 5.36. The summed E-state index contributed by atoms with van der Waals surface area (Å²) in [5, 5.41) is 10.6. The first kappa shape index (κ1) is 20.2. The number of aryl methyl sites for hydroxylation is 1. The molecule has 1 aliphatic heterocycles. The number of nitrogens with zero attached hydrogens (tertiary/aromatic N) is 2. The van der Waals surface area contributed by atoms with E-state index in [0.29, 0.717) is 28.4 Å². The van der Waals surface area contributed by atoms with E-state index in [4.69, 9.17) is 17.3 Å². The molecule has 1 aliphatic carbocycles. The lowest BCUT2D eigenvalue weighted by atomic mass is 9.78. The van der Waals surface area contributed by atoms with E-state index in [-0.39, 0.29) is 5.78 Å². The van der Waals surface area contributed by atoms with E-state index >= 15 is 0 Å². The molecule has 2 heterocycles. The third-order valence-corrected chi connectivity index (χ3v) is 7.91. The molecule has 1 atom stereocenters. The molecular formula is C22H19BrClN3OS. The van der Waals surface area contributed by atoms with Gasteiger partial charge in [0.25, 0.3) is 0 Å². The molecule has 2 aliphatic rings. The molecule has 0 spiro atoms. The molecule has 0 radical (unpaired) electrons. The van der Waals surface area contributed by atoms with Gasteiger partial charge >= 0.3 is 0 Å². The average Bonchev–Trinajstić information content (AvgIpc) is 3.07. The van der Waals surface area contributed by atoms with Crippen LogP contribution in [0, 0.1) is 11.3 Å². The smallest absolute Gasteiger partial charge is 0.161 e. The number of hydrogen-bond donors (Lipinski definition) is 1. The molecule has 0 fully saturated rings. The van der Waals surface area contributed by atoms with Gasteiger partial charge in [0.2, 0.25) is 0 Å². The maximum Gasteiger partial charge on any atom is 0.161 e. The van der Waals surface area contributed by atoms with Gasteiger partial charge in [-0.25, -0.2) is 0 Å². The minimum absolute atomic E-state index is 0.0890. The van der Waals surface area contributed by atoms with Gasteiger partial charge in [-0.15, -0.1) is 11.3 Å². The Morgan fingerprint density at radius 1 is 1.38 bits per heavy atom. The average molecular weight is 489 g/mol. The second kappa shape index (κ2) is 7.98. The van der Waals surface area contributed by atoms with Crippen LogP contribution >= 0.6 is 38.9 Å². The Balaban J connectivity index is 1.96. The maximum atomic E-state index is 13.1. The molecule has 1 aromatic carbocycles. The summed E-state index contributed by atoms with van der Waals surface area (Å²) >= 11 is 11.5. The summed E-state index contributed by atoms with van der Waals surface area (Å²) < 4.78 is 1.01. The van der Waals surface area contributed by atoms with E-state index in [9.17, 15) is 10.1 Å². The summed E-state index contributed by atoms with van der Waals surface area (Å²) in [6, 6.07) is 11.7. The zero-order valence-electron chi connectivity index (χ0n) is 15.8. The highest BCUT2D eigenvalue weighted by Crippen LogP contribution is 2.48. The highest BCUT2D eigenvalue weighted by molar-refractivity contribution is 9.10. The van der Waals surface area contributed by atoms with Crippen LogP contribution < -0.4 is 10.6 Å². The molecule has 1 aromatic heterocycles. The van der Waals surface area contributed by atoms with Crippen molar-refractivity contribution in [2.45, 2.75) is 38.5 Å². The van der Waals surface area contributed by atoms with Gasteiger partial charge in [-0.2, -0.15) is 5.26 Å². The number of carbonyl (C=O) groups excluding carboxylic acids is 1. The fraction of sp³-hybridized carbons (Fsp3) is 0.273. The van der Waals surface area contributed by atoms with Crippen molar-refractivity contribution in [2.75, 3.05) is 4.90 Å². The number of anilines is 1. The van der Waals surface area contributed by atoms with Crippen LogP contribution in [0.5, 0.6) is 0 Å². The largest absolute Gasteiger partial charge is 0.384 e. The van der Waals surface area contributed by atoms with Crippen molar-refractivity contribution in [3.05, 3.63) is 72.2 Å². The molecule has 2 aromatic rings. The lowest BCUT2D eigenvalue weighted by molar-refractivity contribution is -0.116. The molecule has 148 valence electrons. The Morgan fingerprint density at radius 2 is 2.17 bits per heavy atom. The number of halogens is 2. The standard InChI is InChI=1S/C22H19BrClN3OS/c1-2-18-15(23)10-19(29-18)20-14(11-25)22(26)27(13-6-3-5-12(24)9-13)16-7-4-8-17(28)21(16)20/h3,5-6,9-10,20H,2,4,7-8,26H2,1H3. The molecule has 2 N–H and O–H groups in total. The van der Waals surface area contributed by atoms with E-state index in [1.807, 2.05) is 29.2 Å². The molecule has 7 heteroatoms. The molecule has 4 rings (SSSR count). The van der Waals surface area contributed by atoms with Gasteiger partial charge in [-0.3, -0.25) is 9.69 Å². The minimum Gasteiger partial charge on any atom is -0.384 e. The summed E-state index contributed by atoms with van der Waals surface area (Å²) in [6.07, 6.45) is 2.87. The molecule has 0 saturated heterocycles. The van der Waals surface area contributed by atoms with Crippen LogP contribution in [0.15, 0.2) is 57.5 Å². The van der Waals surface area contributed by atoms with E-state index in [2.05, 4.69) is 28.9 Å². The third kappa shape index (κ3) is 3.42. The highest BCUT2D eigenvalue weighted by atomic mass is 79.9. The molecule has 0 saturated carbocycles. The number of allylic oxidation sites excluding steroid dienone is 3. The fourth-order valence-corrected chi connectivity index (χ4v) is 6.31.